The molecule has 0 heterocycles. The van der Waals surface area contributed by atoms with Crippen molar-refractivity contribution in [3.8, 4) is 0 Å². The molecule has 1 rings (SSSR count). The second-order valence-electron chi connectivity index (χ2n) is 4.10. The van der Waals surface area contributed by atoms with E-state index in [1.54, 1.807) is 37.3 Å². The van der Waals surface area contributed by atoms with Gasteiger partial charge in [-0.05, 0) is 12.1 Å². The Balaban J connectivity index is 2.82. The highest BCUT2D eigenvalue weighted by atomic mass is 16.4. The summed E-state index contributed by atoms with van der Waals surface area (Å²) in [7, 11) is 0. The van der Waals surface area contributed by atoms with Crippen LogP contribution >= 0.6 is 0 Å². The summed E-state index contributed by atoms with van der Waals surface area (Å²) >= 11 is 0. The number of carboxylic acid groups (broad SMARTS) is 1. The number of benzene rings is 1. The highest BCUT2D eigenvalue weighted by Gasteiger charge is 2.20. The van der Waals surface area contributed by atoms with Gasteiger partial charge in [0.2, 0.25) is 0 Å². The third-order valence-electron chi connectivity index (χ3n) is 2.57. The first kappa shape index (κ1) is 14.0. The Bertz CT molecular complexity index is 428. The summed E-state index contributed by atoms with van der Waals surface area (Å²) in [5.74, 6) is -1.69. The molecular weight excluding hydrogens is 230 g/mol. The van der Waals surface area contributed by atoms with Gasteiger partial charge < -0.3 is 10.0 Å². The Hall–Kier alpha value is -2.10. The van der Waals surface area contributed by atoms with Gasteiger partial charge in [0, 0.05) is 18.7 Å². The fraction of sp³-hybridized carbons (Fsp3) is 0.286. The van der Waals surface area contributed by atoms with Crippen molar-refractivity contribution in [2.45, 2.75) is 6.92 Å². The minimum Gasteiger partial charge on any atom is -0.481 e. The molecule has 0 aliphatic heterocycles. The summed E-state index contributed by atoms with van der Waals surface area (Å²) in [6.45, 7) is 5.68. The van der Waals surface area contributed by atoms with Crippen LogP contribution in [0.2, 0.25) is 0 Å². The number of amides is 1. The quantitative estimate of drug-likeness (QED) is 0.782. The van der Waals surface area contributed by atoms with Gasteiger partial charge in [-0.2, -0.15) is 0 Å². The Labute approximate surface area is 107 Å². The largest absolute Gasteiger partial charge is 0.481 e. The summed E-state index contributed by atoms with van der Waals surface area (Å²) in [5, 5.41) is 8.89. The minimum atomic E-state index is -0.912. The average molecular weight is 247 g/mol. The van der Waals surface area contributed by atoms with Crippen molar-refractivity contribution in [3.05, 3.63) is 48.6 Å². The van der Waals surface area contributed by atoms with E-state index in [0.717, 1.165) is 0 Å². The predicted octanol–water partition coefficient (Wildman–Crippen LogP) is 2.04. The number of hydrogen-bond acceptors (Lipinski definition) is 2. The second kappa shape index (κ2) is 6.59. The number of nitrogens with zero attached hydrogens (tertiary/aromatic N) is 1. The van der Waals surface area contributed by atoms with Crippen molar-refractivity contribution in [1.82, 2.24) is 4.90 Å². The van der Waals surface area contributed by atoms with Gasteiger partial charge in [-0.25, -0.2) is 0 Å². The molecule has 0 radical (unpaired) electrons. The Morgan fingerprint density at radius 1 is 1.39 bits per heavy atom. The monoisotopic (exact) mass is 247 g/mol. The van der Waals surface area contributed by atoms with Crippen LogP contribution < -0.4 is 0 Å². The molecule has 0 aromatic heterocycles. The normalized spacial score (nSPS) is 11.6. The van der Waals surface area contributed by atoms with Gasteiger partial charge in [0.05, 0.1) is 5.92 Å². The molecule has 0 aliphatic carbocycles. The average Bonchev–Trinajstić information content (AvgIpc) is 2.38. The van der Waals surface area contributed by atoms with Gasteiger partial charge in [-0.1, -0.05) is 31.2 Å². The molecule has 0 saturated carbocycles. The van der Waals surface area contributed by atoms with E-state index in [4.69, 9.17) is 5.11 Å². The van der Waals surface area contributed by atoms with Crippen LogP contribution in [-0.4, -0.2) is 35.0 Å². The van der Waals surface area contributed by atoms with Gasteiger partial charge in [-0.15, -0.1) is 6.58 Å². The van der Waals surface area contributed by atoms with Crippen LogP contribution in [-0.2, 0) is 4.79 Å². The molecule has 1 atom stereocenters. The molecule has 0 fully saturated rings. The summed E-state index contributed by atoms with van der Waals surface area (Å²) in [6.07, 6.45) is 1.59. The molecule has 1 aromatic carbocycles. The molecule has 0 spiro atoms. The first-order valence-electron chi connectivity index (χ1n) is 5.74. The molecule has 0 aliphatic rings. The van der Waals surface area contributed by atoms with Crippen molar-refractivity contribution in [3.63, 3.8) is 0 Å². The molecule has 1 N–H and O–H groups in total. The minimum absolute atomic E-state index is 0.176. The van der Waals surface area contributed by atoms with E-state index in [2.05, 4.69) is 6.58 Å². The highest BCUT2D eigenvalue weighted by molar-refractivity contribution is 5.94. The topological polar surface area (TPSA) is 57.6 Å². The number of rotatable bonds is 6. The maximum atomic E-state index is 12.2. The van der Waals surface area contributed by atoms with E-state index in [1.165, 1.54) is 4.90 Å². The van der Waals surface area contributed by atoms with E-state index in [0.29, 0.717) is 12.1 Å². The van der Waals surface area contributed by atoms with Gasteiger partial charge in [-0.3, -0.25) is 9.59 Å². The van der Waals surface area contributed by atoms with E-state index in [-0.39, 0.29) is 12.5 Å². The number of carboxylic acids is 1. The second-order valence-corrected chi connectivity index (χ2v) is 4.10. The Morgan fingerprint density at radius 2 is 2.00 bits per heavy atom. The molecule has 0 saturated heterocycles. The Morgan fingerprint density at radius 3 is 2.50 bits per heavy atom. The standard InChI is InChI=1S/C14H17NO3/c1-3-9-15(10-11(2)14(17)18)13(16)12-7-5-4-6-8-12/h3-8,11H,1,9-10H2,2H3,(H,17,18). The van der Waals surface area contributed by atoms with E-state index in [1.807, 2.05) is 6.07 Å². The molecule has 1 aromatic rings. The first-order chi connectivity index (χ1) is 8.56. The van der Waals surface area contributed by atoms with Crippen molar-refractivity contribution >= 4 is 11.9 Å². The maximum Gasteiger partial charge on any atom is 0.308 e. The van der Waals surface area contributed by atoms with Crippen LogP contribution in [0.4, 0.5) is 0 Å². The smallest absolute Gasteiger partial charge is 0.308 e. The predicted molar refractivity (Wildman–Crippen MR) is 69.3 cm³/mol. The molecule has 96 valence electrons. The van der Waals surface area contributed by atoms with Gasteiger partial charge >= 0.3 is 5.97 Å². The number of carbonyl (C=O) groups excluding carboxylic acids is 1. The maximum absolute atomic E-state index is 12.2. The molecule has 0 bridgehead atoms. The number of carbonyl (C=O) groups is 2. The van der Waals surface area contributed by atoms with E-state index in [9.17, 15) is 9.59 Å². The van der Waals surface area contributed by atoms with Crippen molar-refractivity contribution < 1.29 is 14.7 Å². The zero-order valence-corrected chi connectivity index (χ0v) is 10.4. The number of aliphatic carboxylic acids is 1. The van der Waals surface area contributed by atoms with Crippen molar-refractivity contribution in [2.24, 2.45) is 5.92 Å². The SMILES string of the molecule is C=CCN(CC(C)C(=O)O)C(=O)c1ccccc1. The third kappa shape index (κ3) is 3.73. The summed E-state index contributed by atoms with van der Waals surface area (Å²) in [5.41, 5.74) is 0.553. The lowest BCUT2D eigenvalue weighted by atomic mass is 10.1. The summed E-state index contributed by atoms with van der Waals surface area (Å²) in [6, 6.07) is 8.81. The van der Waals surface area contributed by atoms with Crippen LogP contribution in [0.3, 0.4) is 0 Å². The van der Waals surface area contributed by atoms with Crippen LogP contribution in [0, 0.1) is 5.92 Å². The van der Waals surface area contributed by atoms with Crippen molar-refractivity contribution in [2.75, 3.05) is 13.1 Å². The Kier molecular flexibility index (Phi) is 5.11. The van der Waals surface area contributed by atoms with Crippen LogP contribution in [0.15, 0.2) is 43.0 Å². The lowest BCUT2D eigenvalue weighted by Gasteiger charge is -2.23. The van der Waals surface area contributed by atoms with Gasteiger partial charge in [0.15, 0.2) is 0 Å². The molecule has 4 nitrogen and oxygen atoms in total. The van der Waals surface area contributed by atoms with Crippen LogP contribution in [0.25, 0.3) is 0 Å². The first-order valence-corrected chi connectivity index (χ1v) is 5.74. The lowest BCUT2D eigenvalue weighted by molar-refractivity contribution is -0.141. The van der Waals surface area contributed by atoms with Crippen molar-refractivity contribution in [1.29, 1.82) is 0 Å². The van der Waals surface area contributed by atoms with Gasteiger partial charge in [0.1, 0.15) is 0 Å². The molecule has 18 heavy (non-hydrogen) atoms. The fourth-order valence-electron chi connectivity index (χ4n) is 1.57. The zero-order valence-electron chi connectivity index (χ0n) is 10.4. The lowest BCUT2D eigenvalue weighted by Crippen LogP contribution is -2.37. The summed E-state index contributed by atoms with van der Waals surface area (Å²) in [4.78, 5) is 24.5. The van der Waals surface area contributed by atoms with Gasteiger partial charge in [0.25, 0.3) is 5.91 Å². The molecule has 1 amide bonds. The molecule has 4 heteroatoms. The molecule has 1 unspecified atom stereocenters. The van der Waals surface area contributed by atoms with Crippen LogP contribution in [0.5, 0.6) is 0 Å². The fourth-order valence-corrected chi connectivity index (χ4v) is 1.57. The third-order valence-corrected chi connectivity index (χ3v) is 2.57. The van der Waals surface area contributed by atoms with Crippen LogP contribution in [0.1, 0.15) is 17.3 Å². The molecular formula is C14H17NO3. The summed E-state index contributed by atoms with van der Waals surface area (Å²) < 4.78 is 0. The highest BCUT2D eigenvalue weighted by Crippen LogP contribution is 2.08. The zero-order chi connectivity index (χ0) is 13.5. The van der Waals surface area contributed by atoms with E-state index >= 15 is 0 Å². The number of hydrogen-bond donors (Lipinski definition) is 1. The van der Waals surface area contributed by atoms with E-state index < -0.39 is 11.9 Å².